The van der Waals surface area contributed by atoms with Gasteiger partial charge in [0.2, 0.25) is 0 Å². The fourth-order valence-corrected chi connectivity index (χ4v) is 3.02. The standard InChI is InChI=1S/C15H18FN3/c1-19-13-4-2-3-11(9-17)14(13)15(18-19)10-5-7-12(16)8-6-10/h5-8,11H,2-4,9,17H2,1H3. The molecule has 0 bridgehead atoms. The maximum absolute atomic E-state index is 13.0. The monoisotopic (exact) mass is 259 g/mol. The maximum atomic E-state index is 13.0. The highest BCUT2D eigenvalue weighted by Crippen LogP contribution is 2.37. The van der Waals surface area contributed by atoms with Gasteiger partial charge in [-0.2, -0.15) is 5.10 Å². The summed E-state index contributed by atoms with van der Waals surface area (Å²) in [7, 11) is 1.98. The second-order valence-electron chi connectivity index (χ2n) is 5.16. The lowest BCUT2D eigenvalue weighted by Gasteiger charge is -2.22. The predicted molar refractivity (Wildman–Crippen MR) is 73.3 cm³/mol. The summed E-state index contributed by atoms with van der Waals surface area (Å²) in [5.74, 6) is 0.154. The van der Waals surface area contributed by atoms with Gasteiger partial charge in [-0.15, -0.1) is 0 Å². The smallest absolute Gasteiger partial charge is 0.123 e. The molecule has 0 saturated heterocycles. The second-order valence-corrected chi connectivity index (χ2v) is 5.16. The maximum Gasteiger partial charge on any atom is 0.123 e. The number of hydrogen-bond acceptors (Lipinski definition) is 2. The van der Waals surface area contributed by atoms with Crippen LogP contribution in [0.2, 0.25) is 0 Å². The Labute approximate surface area is 112 Å². The third kappa shape index (κ3) is 2.06. The summed E-state index contributed by atoms with van der Waals surface area (Å²) in [6, 6.07) is 6.55. The van der Waals surface area contributed by atoms with Gasteiger partial charge in [0, 0.05) is 29.8 Å². The molecule has 1 aromatic carbocycles. The molecule has 0 amide bonds. The Morgan fingerprint density at radius 1 is 1.37 bits per heavy atom. The van der Waals surface area contributed by atoms with Gasteiger partial charge in [0.05, 0.1) is 5.69 Å². The molecule has 19 heavy (non-hydrogen) atoms. The summed E-state index contributed by atoms with van der Waals surface area (Å²) in [4.78, 5) is 0. The SMILES string of the molecule is Cn1nc(-c2ccc(F)cc2)c2c1CCCC2CN. The lowest BCUT2D eigenvalue weighted by molar-refractivity contribution is 0.541. The molecule has 2 aromatic rings. The molecule has 0 aliphatic heterocycles. The van der Waals surface area contributed by atoms with Crippen molar-refractivity contribution in [1.82, 2.24) is 9.78 Å². The van der Waals surface area contributed by atoms with Crippen LogP contribution in [-0.4, -0.2) is 16.3 Å². The van der Waals surface area contributed by atoms with Crippen molar-refractivity contribution in [2.24, 2.45) is 12.8 Å². The van der Waals surface area contributed by atoms with E-state index in [0.717, 1.165) is 30.5 Å². The minimum atomic E-state index is -0.219. The first-order chi connectivity index (χ1) is 9.20. The van der Waals surface area contributed by atoms with Crippen molar-refractivity contribution in [2.75, 3.05) is 6.54 Å². The fraction of sp³-hybridized carbons (Fsp3) is 0.400. The Balaban J connectivity index is 2.14. The number of nitrogens with zero attached hydrogens (tertiary/aromatic N) is 2. The van der Waals surface area contributed by atoms with Gasteiger partial charge in [0.15, 0.2) is 0 Å². The molecule has 1 unspecified atom stereocenters. The number of aryl methyl sites for hydroxylation is 1. The summed E-state index contributed by atoms with van der Waals surface area (Å²) in [5.41, 5.74) is 10.4. The van der Waals surface area contributed by atoms with Crippen LogP contribution in [0.3, 0.4) is 0 Å². The molecule has 0 saturated carbocycles. The van der Waals surface area contributed by atoms with Crippen LogP contribution in [0.25, 0.3) is 11.3 Å². The number of hydrogen-bond donors (Lipinski definition) is 1. The van der Waals surface area contributed by atoms with Crippen LogP contribution in [0.15, 0.2) is 24.3 Å². The lowest BCUT2D eigenvalue weighted by Crippen LogP contribution is -2.19. The first kappa shape index (κ1) is 12.4. The zero-order valence-corrected chi connectivity index (χ0v) is 11.1. The molecule has 0 fully saturated rings. The molecule has 1 aromatic heterocycles. The Morgan fingerprint density at radius 3 is 2.79 bits per heavy atom. The zero-order valence-electron chi connectivity index (χ0n) is 11.1. The molecular formula is C15H18FN3. The van der Waals surface area contributed by atoms with Gasteiger partial charge in [-0.3, -0.25) is 4.68 Å². The molecule has 3 rings (SSSR count). The van der Waals surface area contributed by atoms with E-state index >= 15 is 0 Å². The van der Waals surface area contributed by atoms with Crippen LogP contribution in [-0.2, 0) is 13.5 Å². The first-order valence-electron chi connectivity index (χ1n) is 6.72. The molecule has 4 heteroatoms. The van der Waals surface area contributed by atoms with Crippen molar-refractivity contribution in [3.8, 4) is 11.3 Å². The van der Waals surface area contributed by atoms with E-state index in [-0.39, 0.29) is 5.82 Å². The van der Waals surface area contributed by atoms with Gasteiger partial charge >= 0.3 is 0 Å². The molecule has 3 nitrogen and oxygen atoms in total. The number of nitrogens with two attached hydrogens (primary N) is 1. The molecular weight excluding hydrogens is 241 g/mol. The molecule has 1 heterocycles. The number of fused-ring (bicyclic) bond motifs is 1. The number of aromatic nitrogens is 2. The summed E-state index contributed by atoms with van der Waals surface area (Å²) in [5, 5.41) is 4.63. The molecule has 1 atom stereocenters. The van der Waals surface area contributed by atoms with Crippen molar-refractivity contribution in [2.45, 2.75) is 25.2 Å². The van der Waals surface area contributed by atoms with E-state index in [9.17, 15) is 4.39 Å². The van der Waals surface area contributed by atoms with Crippen molar-refractivity contribution in [3.63, 3.8) is 0 Å². The average Bonchev–Trinajstić information content (AvgIpc) is 2.77. The van der Waals surface area contributed by atoms with Gasteiger partial charge in [-0.25, -0.2) is 4.39 Å². The van der Waals surface area contributed by atoms with E-state index in [1.54, 1.807) is 12.1 Å². The topological polar surface area (TPSA) is 43.8 Å². The van der Waals surface area contributed by atoms with E-state index in [2.05, 4.69) is 5.10 Å². The summed E-state index contributed by atoms with van der Waals surface area (Å²) < 4.78 is 15.0. The van der Waals surface area contributed by atoms with E-state index in [4.69, 9.17) is 5.73 Å². The van der Waals surface area contributed by atoms with Crippen molar-refractivity contribution in [1.29, 1.82) is 0 Å². The molecule has 100 valence electrons. The average molecular weight is 259 g/mol. The van der Waals surface area contributed by atoms with Crippen LogP contribution in [0.5, 0.6) is 0 Å². The number of benzene rings is 1. The van der Waals surface area contributed by atoms with Gasteiger partial charge in [0.25, 0.3) is 0 Å². The van der Waals surface area contributed by atoms with Crippen LogP contribution in [0.4, 0.5) is 4.39 Å². The molecule has 1 aliphatic rings. The Hall–Kier alpha value is -1.68. The van der Waals surface area contributed by atoms with Crippen LogP contribution in [0.1, 0.15) is 30.0 Å². The molecule has 1 aliphatic carbocycles. The van der Waals surface area contributed by atoms with E-state index in [0.29, 0.717) is 12.5 Å². The normalized spacial score (nSPS) is 18.4. The van der Waals surface area contributed by atoms with Gasteiger partial charge in [-0.05, 0) is 50.1 Å². The third-order valence-electron chi connectivity index (χ3n) is 3.98. The molecule has 2 N–H and O–H groups in total. The van der Waals surface area contributed by atoms with E-state index in [1.807, 2.05) is 11.7 Å². The second kappa shape index (κ2) is 4.78. The number of halogens is 1. The Bertz CT molecular complexity index is 586. The van der Waals surface area contributed by atoms with Crippen molar-refractivity contribution >= 4 is 0 Å². The molecule has 0 spiro atoms. The Kier molecular flexibility index (Phi) is 3.11. The quantitative estimate of drug-likeness (QED) is 0.901. The van der Waals surface area contributed by atoms with E-state index < -0.39 is 0 Å². The van der Waals surface area contributed by atoms with Gasteiger partial charge in [-0.1, -0.05) is 0 Å². The molecule has 0 radical (unpaired) electrons. The highest BCUT2D eigenvalue weighted by atomic mass is 19.1. The van der Waals surface area contributed by atoms with Crippen LogP contribution in [0, 0.1) is 5.82 Å². The predicted octanol–water partition coefficient (Wildman–Crippen LogP) is 2.60. The summed E-state index contributed by atoms with van der Waals surface area (Å²) in [6.45, 7) is 0.646. The minimum Gasteiger partial charge on any atom is -0.330 e. The summed E-state index contributed by atoms with van der Waals surface area (Å²) in [6.07, 6.45) is 3.33. The lowest BCUT2D eigenvalue weighted by atomic mass is 9.84. The van der Waals surface area contributed by atoms with Crippen LogP contribution < -0.4 is 5.73 Å². The number of rotatable bonds is 2. The fourth-order valence-electron chi connectivity index (χ4n) is 3.02. The van der Waals surface area contributed by atoms with E-state index in [1.165, 1.54) is 23.4 Å². The third-order valence-corrected chi connectivity index (χ3v) is 3.98. The van der Waals surface area contributed by atoms with Gasteiger partial charge in [0.1, 0.15) is 5.82 Å². The summed E-state index contributed by atoms with van der Waals surface area (Å²) >= 11 is 0. The minimum absolute atomic E-state index is 0.219. The highest BCUT2D eigenvalue weighted by Gasteiger charge is 2.27. The van der Waals surface area contributed by atoms with Crippen molar-refractivity contribution in [3.05, 3.63) is 41.3 Å². The first-order valence-corrected chi connectivity index (χ1v) is 6.72. The Morgan fingerprint density at radius 2 is 2.11 bits per heavy atom. The van der Waals surface area contributed by atoms with Gasteiger partial charge < -0.3 is 5.73 Å². The largest absolute Gasteiger partial charge is 0.330 e. The zero-order chi connectivity index (χ0) is 13.4. The van der Waals surface area contributed by atoms with Crippen molar-refractivity contribution < 1.29 is 4.39 Å². The van der Waals surface area contributed by atoms with Crippen LogP contribution >= 0.6 is 0 Å². The highest BCUT2D eigenvalue weighted by molar-refractivity contribution is 5.65.